The first-order valence-corrected chi connectivity index (χ1v) is 12.1. The first kappa shape index (κ1) is 21.9. The Bertz CT molecular complexity index is 935. The van der Waals surface area contributed by atoms with Gasteiger partial charge in [0.2, 0.25) is 0 Å². The van der Waals surface area contributed by atoms with Crippen LogP contribution < -0.4 is 0 Å². The molecule has 0 saturated heterocycles. The highest BCUT2D eigenvalue weighted by atomic mass is 16.5. The maximum atomic E-state index is 12.4. The van der Waals surface area contributed by atoms with E-state index >= 15 is 0 Å². The van der Waals surface area contributed by atoms with Crippen LogP contribution in [0.25, 0.3) is 0 Å². The molecular weight excluding hydrogens is 408 g/mol. The van der Waals surface area contributed by atoms with Crippen LogP contribution in [0.5, 0.6) is 0 Å². The van der Waals surface area contributed by atoms with Gasteiger partial charge in [0, 0.05) is 18.3 Å². The fourth-order valence-corrected chi connectivity index (χ4v) is 8.33. The molecule has 0 radical (unpaired) electrons. The van der Waals surface area contributed by atoms with Gasteiger partial charge in [0.1, 0.15) is 0 Å². The van der Waals surface area contributed by atoms with Gasteiger partial charge in [0.15, 0.2) is 11.7 Å². The smallest absolute Gasteiger partial charge is 0.320 e. The molecule has 0 aromatic rings. The summed E-state index contributed by atoms with van der Waals surface area (Å²) in [4.78, 5) is 36.3. The average Bonchev–Trinajstić information content (AvgIpc) is 3.49. The molecule has 6 nitrogen and oxygen atoms in total. The highest BCUT2D eigenvalue weighted by Gasteiger charge is 2.76. The summed E-state index contributed by atoms with van der Waals surface area (Å²) in [5.41, 5.74) is -0.494. The standard InChI is InChI=1S/C26H34O6/c1-4-32-23(30)18(22(28)29)13-26(31)20-12-17(20)21-16-6-5-14-11-15(27)7-9-24(14,2)19(16)8-10-25(21,26)3/h5-6,11,16-21,31H,4,7-10,12-13H2,1-3H3,(H,28,29)/t16-,17-,18?,19+,20+,21-,24+,25+,26+/m1/s1. The third-order valence-electron chi connectivity index (χ3n) is 10.1. The molecule has 0 heterocycles. The molecule has 0 amide bonds. The van der Waals surface area contributed by atoms with Gasteiger partial charge in [-0.05, 0) is 79.3 Å². The highest BCUT2D eigenvalue weighted by molar-refractivity contribution is 5.94. The number of aliphatic carboxylic acids is 1. The Kier molecular flexibility index (Phi) is 4.80. The zero-order valence-electron chi connectivity index (χ0n) is 19.2. The summed E-state index contributed by atoms with van der Waals surface area (Å²) in [5.74, 6) is -1.71. The molecule has 5 rings (SSSR count). The SMILES string of the molecule is CCOC(=O)C(C[C@]1(O)[C@H]2C[C@H]2[C@H]2[C@@H]3C=CC4=CC(=O)CC[C@]4(C)[C@H]3CC[C@@]21C)C(=O)O. The average molecular weight is 443 g/mol. The van der Waals surface area contributed by atoms with Crippen LogP contribution in [0.4, 0.5) is 0 Å². The number of carbonyl (C=O) groups excluding carboxylic acids is 2. The zero-order chi connectivity index (χ0) is 23.1. The number of carboxylic acid groups (broad SMARTS) is 1. The normalized spacial score (nSPS) is 46.8. The summed E-state index contributed by atoms with van der Waals surface area (Å²) in [6, 6.07) is 0. The molecule has 0 aromatic carbocycles. The Hall–Kier alpha value is -1.95. The van der Waals surface area contributed by atoms with E-state index in [1.807, 2.05) is 6.08 Å². The molecule has 6 heteroatoms. The lowest BCUT2D eigenvalue weighted by molar-refractivity contribution is -0.173. The largest absolute Gasteiger partial charge is 0.481 e. The lowest BCUT2D eigenvalue weighted by Crippen LogP contribution is -2.57. The molecule has 0 aliphatic heterocycles. The van der Waals surface area contributed by atoms with Crippen molar-refractivity contribution in [3.05, 3.63) is 23.8 Å². The van der Waals surface area contributed by atoms with Crippen molar-refractivity contribution in [2.75, 3.05) is 6.61 Å². The molecule has 5 aliphatic rings. The Morgan fingerprint density at radius 2 is 2.00 bits per heavy atom. The molecule has 2 N–H and O–H groups in total. The molecule has 1 unspecified atom stereocenters. The van der Waals surface area contributed by atoms with Crippen molar-refractivity contribution in [2.24, 2.45) is 46.3 Å². The Labute approximate surface area is 189 Å². The topological polar surface area (TPSA) is 101 Å². The number of carboxylic acids is 1. The fourth-order valence-electron chi connectivity index (χ4n) is 8.33. The van der Waals surface area contributed by atoms with E-state index in [1.54, 1.807) is 6.92 Å². The number of allylic oxidation sites excluding steroid dienone is 4. The van der Waals surface area contributed by atoms with Crippen LogP contribution in [0.1, 0.15) is 59.3 Å². The summed E-state index contributed by atoms with van der Waals surface area (Å²) in [7, 11) is 0. The van der Waals surface area contributed by atoms with Crippen molar-refractivity contribution >= 4 is 17.7 Å². The number of ketones is 1. The minimum atomic E-state index is -1.34. The van der Waals surface area contributed by atoms with Crippen LogP contribution in [0, 0.1) is 46.3 Å². The van der Waals surface area contributed by atoms with E-state index in [9.17, 15) is 24.6 Å². The molecular formula is C26H34O6. The van der Waals surface area contributed by atoms with E-state index < -0.39 is 28.9 Å². The number of fused-ring (bicyclic) bond motifs is 7. The van der Waals surface area contributed by atoms with E-state index in [1.165, 1.54) is 0 Å². The van der Waals surface area contributed by atoms with Crippen LogP contribution >= 0.6 is 0 Å². The Balaban J connectivity index is 1.48. The van der Waals surface area contributed by atoms with Gasteiger partial charge in [-0.3, -0.25) is 14.4 Å². The van der Waals surface area contributed by atoms with Crippen molar-refractivity contribution in [3.8, 4) is 0 Å². The number of rotatable bonds is 5. The summed E-state index contributed by atoms with van der Waals surface area (Å²) in [6.45, 7) is 6.20. The van der Waals surface area contributed by atoms with Gasteiger partial charge in [-0.1, -0.05) is 26.0 Å². The molecule has 32 heavy (non-hydrogen) atoms. The third kappa shape index (κ3) is 2.77. The molecule has 0 aromatic heterocycles. The highest BCUT2D eigenvalue weighted by Crippen LogP contribution is 2.77. The van der Waals surface area contributed by atoms with Gasteiger partial charge in [-0.2, -0.15) is 0 Å². The van der Waals surface area contributed by atoms with E-state index in [4.69, 9.17) is 4.74 Å². The number of esters is 1. The van der Waals surface area contributed by atoms with Gasteiger partial charge < -0.3 is 14.9 Å². The molecule has 174 valence electrons. The van der Waals surface area contributed by atoms with Gasteiger partial charge in [0.05, 0.1) is 12.2 Å². The molecule has 0 bridgehead atoms. The van der Waals surface area contributed by atoms with Gasteiger partial charge in [-0.25, -0.2) is 0 Å². The van der Waals surface area contributed by atoms with E-state index in [0.717, 1.165) is 31.3 Å². The van der Waals surface area contributed by atoms with E-state index in [2.05, 4.69) is 26.0 Å². The molecule has 5 aliphatic carbocycles. The van der Waals surface area contributed by atoms with Crippen molar-refractivity contribution in [1.82, 2.24) is 0 Å². The first-order chi connectivity index (χ1) is 15.1. The number of aliphatic hydroxyl groups is 1. The molecule has 9 atom stereocenters. The number of ether oxygens (including phenoxy) is 1. The molecule has 3 fully saturated rings. The quantitative estimate of drug-likeness (QED) is 0.499. The maximum Gasteiger partial charge on any atom is 0.320 e. The maximum absolute atomic E-state index is 12.4. The van der Waals surface area contributed by atoms with Gasteiger partial charge in [-0.15, -0.1) is 0 Å². The summed E-state index contributed by atoms with van der Waals surface area (Å²) in [5, 5.41) is 21.8. The predicted molar refractivity (Wildman–Crippen MR) is 116 cm³/mol. The Morgan fingerprint density at radius 3 is 2.69 bits per heavy atom. The number of hydrogen-bond acceptors (Lipinski definition) is 5. The van der Waals surface area contributed by atoms with Gasteiger partial charge >= 0.3 is 11.9 Å². The molecule has 3 saturated carbocycles. The number of carbonyl (C=O) groups is 3. The van der Waals surface area contributed by atoms with E-state index in [0.29, 0.717) is 24.2 Å². The van der Waals surface area contributed by atoms with Crippen molar-refractivity contribution in [1.29, 1.82) is 0 Å². The van der Waals surface area contributed by atoms with Crippen LogP contribution in [0.3, 0.4) is 0 Å². The van der Waals surface area contributed by atoms with Crippen molar-refractivity contribution in [2.45, 2.75) is 64.9 Å². The summed E-state index contributed by atoms with van der Waals surface area (Å²) >= 11 is 0. The summed E-state index contributed by atoms with van der Waals surface area (Å²) < 4.78 is 5.03. The van der Waals surface area contributed by atoms with Crippen LogP contribution in [-0.4, -0.2) is 40.1 Å². The second-order valence-corrected chi connectivity index (χ2v) is 11.3. The monoisotopic (exact) mass is 442 g/mol. The fraction of sp³-hybridized carbons (Fsp3) is 0.731. The lowest BCUT2D eigenvalue weighted by atomic mass is 9.46. The number of hydrogen-bond donors (Lipinski definition) is 2. The first-order valence-electron chi connectivity index (χ1n) is 12.1. The van der Waals surface area contributed by atoms with Crippen LogP contribution in [0.2, 0.25) is 0 Å². The van der Waals surface area contributed by atoms with Gasteiger partial charge in [0.25, 0.3) is 0 Å². The predicted octanol–water partition coefficient (Wildman–Crippen LogP) is 3.54. The van der Waals surface area contributed by atoms with Crippen molar-refractivity contribution < 1.29 is 29.3 Å². The van der Waals surface area contributed by atoms with Crippen molar-refractivity contribution in [3.63, 3.8) is 0 Å². The lowest BCUT2D eigenvalue weighted by Gasteiger charge is -2.58. The Morgan fingerprint density at radius 1 is 1.25 bits per heavy atom. The minimum Gasteiger partial charge on any atom is -0.481 e. The van der Waals surface area contributed by atoms with Crippen LogP contribution in [-0.2, 0) is 19.1 Å². The second-order valence-electron chi connectivity index (χ2n) is 11.3. The minimum absolute atomic E-state index is 0.0196. The third-order valence-corrected chi connectivity index (χ3v) is 10.1. The summed E-state index contributed by atoms with van der Waals surface area (Å²) in [6.07, 6.45) is 10.2. The van der Waals surface area contributed by atoms with E-state index in [-0.39, 0.29) is 36.1 Å². The zero-order valence-corrected chi connectivity index (χ0v) is 19.2. The molecule has 0 spiro atoms. The second kappa shape index (κ2) is 7.02. The van der Waals surface area contributed by atoms with Crippen LogP contribution in [0.15, 0.2) is 23.8 Å².